The van der Waals surface area contributed by atoms with E-state index >= 15 is 0 Å². The second kappa shape index (κ2) is 23.0. The molecule has 2 aromatic carbocycles. The lowest BCUT2D eigenvalue weighted by Crippen LogP contribution is -2.25. The molecule has 0 saturated carbocycles. The van der Waals surface area contributed by atoms with Gasteiger partial charge in [-0.2, -0.15) is 0 Å². The summed E-state index contributed by atoms with van der Waals surface area (Å²) in [4.78, 5) is 5.40. The molecule has 0 spiro atoms. The molecule has 0 fully saturated rings. The van der Waals surface area contributed by atoms with Gasteiger partial charge in [-0.3, -0.25) is 9.80 Å². The lowest BCUT2D eigenvalue weighted by Gasteiger charge is -2.23. The van der Waals surface area contributed by atoms with Crippen molar-refractivity contribution in [3.8, 4) is 11.1 Å². The lowest BCUT2D eigenvalue weighted by atomic mass is 10.0. The zero-order valence-corrected chi connectivity index (χ0v) is 27.1. The molecule has 0 atom stereocenters. The molecule has 0 aliphatic rings. The highest BCUT2D eigenvalue weighted by Crippen LogP contribution is 2.22. The van der Waals surface area contributed by atoms with Crippen LogP contribution in [-0.2, 0) is 13.1 Å². The quantitative estimate of drug-likeness (QED) is 0.114. The van der Waals surface area contributed by atoms with Crippen molar-refractivity contribution in [1.82, 2.24) is 9.80 Å². The Kier molecular flexibility index (Phi) is 19.9. The van der Waals surface area contributed by atoms with Gasteiger partial charge < -0.3 is 0 Å². The maximum absolute atomic E-state index is 2.70. The van der Waals surface area contributed by atoms with E-state index in [1.807, 2.05) is 0 Å². The van der Waals surface area contributed by atoms with Gasteiger partial charge >= 0.3 is 0 Å². The van der Waals surface area contributed by atoms with E-state index in [4.69, 9.17) is 0 Å². The second-order valence-corrected chi connectivity index (χ2v) is 12.2. The summed E-state index contributed by atoms with van der Waals surface area (Å²) in [5.74, 6) is 0. The van der Waals surface area contributed by atoms with E-state index in [9.17, 15) is 0 Å². The molecule has 0 bridgehead atoms. The molecule has 0 aliphatic carbocycles. The van der Waals surface area contributed by atoms with Crippen LogP contribution in [0.2, 0.25) is 0 Å². The van der Waals surface area contributed by atoms with Crippen LogP contribution in [0.3, 0.4) is 0 Å². The summed E-state index contributed by atoms with van der Waals surface area (Å²) >= 11 is 0. The Labute approximate surface area is 249 Å². The highest BCUT2D eigenvalue weighted by Gasteiger charge is 2.09. The summed E-state index contributed by atoms with van der Waals surface area (Å²) in [6, 6.07) is 18.8. The lowest BCUT2D eigenvalue weighted by molar-refractivity contribution is 0.252. The van der Waals surface area contributed by atoms with E-state index in [0.29, 0.717) is 0 Å². The molecule has 226 valence electrons. The number of rotatable bonds is 25. The van der Waals surface area contributed by atoms with Crippen LogP contribution in [0.4, 0.5) is 0 Å². The van der Waals surface area contributed by atoms with E-state index in [1.54, 1.807) is 0 Å². The first-order valence-electron chi connectivity index (χ1n) is 17.3. The molecule has 0 saturated heterocycles. The van der Waals surface area contributed by atoms with E-state index in [1.165, 1.54) is 151 Å². The Hall–Kier alpha value is -1.64. The molecule has 0 unspecified atom stereocenters. The van der Waals surface area contributed by atoms with Crippen LogP contribution in [0.5, 0.6) is 0 Å². The molecule has 2 rings (SSSR count). The zero-order chi connectivity index (χ0) is 28.7. The van der Waals surface area contributed by atoms with Gasteiger partial charge in [0.05, 0.1) is 0 Å². The van der Waals surface area contributed by atoms with Crippen LogP contribution in [0.25, 0.3) is 11.1 Å². The van der Waals surface area contributed by atoms with Gasteiger partial charge in [-0.1, -0.05) is 153 Å². The third-order valence-electron chi connectivity index (χ3n) is 8.37. The first-order chi connectivity index (χ1) is 19.7. The maximum Gasteiger partial charge on any atom is 0.0233 e. The minimum atomic E-state index is 1.09. The molecule has 0 amide bonds. The molecular weight excluding hydrogens is 484 g/mol. The fourth-order valence-corrected chi connectivity index (χ4v) is 5.71. The largest absolute Gasteiger partial charge is 0.299 e. The summed E-state index contributed by atoms with van der Waals surface area (Å²) in [7, 11) is 0. The number of hydrogen-bond donors (Lipinski definition) is 0. The third kappa shape index (κ3) is 15.4. The fraction of sp³-hybridized carbons (Fsp3) is 0.684. The predicted octanol–water partition coefficient (Wildman–Crippen LogP) is 11.3. The van der Waals surface area contributed by atoms with Crippen molar-refractivity contribution < 1.29 is 0 Å². The van der Waals surface area contributed by atoms with E-state index < -0.39 is 0 Å². The van der Waals surface area contributed by atoms with Crippen molar-refractivity contribution in [2.75, 3.05) is 26.2 Å². The van der Waals surface area contributed by atoms with Crippen LogP contribution in [0.15, 0.2) is 48.5 Å². The molecule has 2 nitrogen and oxygen atoms in total. The first-order valence-corrected chi connectivity index (χ1v) is 17.3. The topological polar surface area (TPSA) is 6.48 Å². The summed E-state index contributed by atoms with van der Waals surface area (Å²) in [5, 5.41) is 0. The Balaban J connectivity index is 1.93. The van der Waals surface area contributed by atoms with Gasteiger partial charge in [0, 0.05) is 13.1 Å². The van der Waals surface area contributed by atoms with Crippen molar-refractivity contribution in [2.24, 2.45) is 0 Å². The molecule has 0 aliphatic heterocycles. The standard InChI is InChI=1S/C38H64N2/c1-5-9-13-17-29-39(30-18-14-10-6-2)33-35-21-25-37(26-22-35)38-27-23-36(24-28-38)34-40(31-19-15-11-7-3)32-20-16-12-8-4/h21-28H,5-20,29-34H2,1-4H3. The van der Waals surface area contributed by atoms with Crippen LogP contribution in [0, 0.1) is 0 Å². The summed E-state index contributed by atoms with van der Waals surface area (Å²) in [6.07, 6.45) is 21.5. The summed E-state index contributed by atoms with van der Waals surface area (Å²) < 4.78 is 0. The molecular formula is C38H64N2. The first kappa shape index (κ1) is 34.6. The summed E-state index contributed by atoms with van der Waals surface area (Å²) in [6.45, 7) is 16.3. The normalized spacial score (nSPS) is 11.7. The average molecular weight is 549 g/mol. The molecule has 2 aromatic rings. The van der Waals surface area contributed by atoms with Crippen LogP contribution in [-0.4, -0.2) is 36.0 Å². The van der Waals surface area contributed by atoms with E-state index in [2.05, 4.69) is 86.0 Å². The molecule has 0 heterocycles. The van der Waals surface area contributed by atoms with Crippen molar-refractivity contribution in [3.05, 3.63) is 59.7 Å². The smallest absolute Gasteiger partial charge is 0.0233 e. The van der Waals surface area contributed by atoms with Gasteiger partial charge in [-0.05, 0) is 74.1 Å². The Morgan fingerprint density at radius 1 is 0.350 bits per heavy atom. The monoisotopic (exact) mass is 549 g/mol. The van der Waals surface area contributed by atoms with Crippen molar-refractivity contribution in [1.29, 1.82) is 0 Å². The Morgan fingerprint density at radius 3 is 0.875 bits per heavy atom. The van der Waals surface area contributed by atoms with Crippen LogP contribution in [0.1, 0.15) is 142 Å². The molecule has 0 N–H and O–H groups in total. The van der Waals surface area contributed by atoms with E-state index in [-0.39, 0.29) is 0 Å². The SMILES string of the molecule is CCCCCCN(CCCCCC)Cc1ccc(-c2ccc(CN(CCCCCC)CCCCCC)cc2)cc1. The molecule has 2 heteroatoms. The molecule has 40 heavy (non-hydrogen) atoms. The number of hydrogen-bond acceptors (Lipinski definition) is 2. The number of nitrogens with zero attached hydrogens (tertiary/aromatic N) is 2. The minimum Gasteiger partial charge on any atom is -0.299 e. The highest BCUT2D eigenvalue weighted by molar-refractivity contribution is 5.63. The second-order valence-electron chi connectivity index (χ2n) is 12.2. The van der Waals surface area contributed by atoms with Gasteiger partial charge in [-0.15, -0.1) is 0 Å². The Bertz CT molecular complexity index is 730. The molecule has 0 aromatic heterocycles. The van der Waals surface area contributed by atoms with Crippen LogP contribution >= 0.6 is 0 Å². The molecule has 0 radical (unpaired) electrons. The predicted molar refractivity (Wildman–Crippen MR) is 179 cm³/mol. The minimum absolute atomic E-state index is 1.09. The maximum atomic E-state index is 2.70. The summed E-state index contributed by atoms with van der Waals surface area (Å²) in [5.41, 5.74) is 5.58. The average Bonchev–Trinajstić information content (AvgIpc) is 2.98. The highest BCUT2D eigenvalue weighted by atomic mass is 15.1. The van der Waals surface area contributed by atoms with Gasteiger partial charge in [-0.25, -0.2) is 0 Å². The number of benzene rings is 2. The third-order valence-corrected chi connectivity index (χ3v) is 8.37. The fourth-order valence-electron chi connectivity index (χ4n) is 5.71. The van der Waals surface area contributed by atoms with Crippen LogP contribution < -0.4 is 0 Å². The zero-order valence-electron chi connectivity index (χ0n) is 27.1. The van der Waals surface area contributed by atoms with Gasteiger partial charge in [0.1, 0.15) is 0 Å². The van der Waals surface area contributed by atoms with E-state index in [0.717, 1.165) is 13.1 Å². The van der Waals surface area contributed by atoms with Crippen molar-refractivity contribution in [2.45, 2.75) is 144 Å². The number of unbranched alkanes of at least 4 members (excludes halogenated alkanes) is 12. The van der Waals surface area contributed by atoms with Gasteiger partial charge in [0.25, 0.3) is 0 Å². The van der Waals surface area contributed by atoms with Crippen molar-refractivity contribution >= 4 is 0 Å². The van der Waals surface area contributed by atoms with Crippen molar-refractivity contribution in [3.63, 3.8) is 0 Å². The Morgan fingerprint density at radius 2 is 0.625 bits per heavy atom. The van der Waals surface area contributed by atoms with Gasteiger partial charge in [0.2, 0.25) is 0 Å². The van der Waals surface area contributed by atoms with Gasteiger partial charge in [0.15, 0.2) is 0 Å².